The Bertz CT molecular complexity index is 3730. The van der Waals surface area contributed by atoms with Gasteiger partial charge in [-0.3, -0.25) is 0 Å². The molecular weight excluding hydrogens is 931 g/mol. The van der Waals surface area contributed by atoms with Crippen LogP contribution in [0.1, 0.15) is 24.1 Å². The zero-order valence-electron chi connectivity index (χ0n) is 39.5. The van der Waals surface area contributed by atoms with Crippen molar-refractivity contribution in [3.8, 4) is 20.9 Å². The highest BCUT2D eigenvalue weighted by atomic mass is 32.1. The van der Waals surface area contributed by atoms with E-state index >= 15 is 0 Å². The van der Waals surface area contributed by atoms with Gasteiger partial charge < -0.3 is 14.7 Å². The fraction of sp³-hybridized carbons (Fsp3) is 0.0606. The van der Waals surface area contributed by atoms with Crippen LogP contribution in [0.5, 0.6) is 0 Å². The number of allylic oxidation sites excluding steroid dienone is 6. The lowest BCUT2D eigenvalue weighted by Gasteiger charge is -2.32. The third kappa shape index (κ3) is 8.37. The molecule has 0 amide bonds. The molecule has 3 aromatic heterocycles. The molecule has 0 bridgehead atoms. The van der Waals surface area contributed by atoms with Gasteiger partial charge in [0.2, 0.25) is 0 Å². The summed E-state index contributed by atoms with van der Waals surface area (Å²) in [6.07, 6.45) is 16.5. The molecule has 3 heterocycles. The number of nitrogens with zero attached hydrogens (tertiary/aromatic N) is 3. The maximum atomic E-state index is 2.50. The first-order valence-electron chi connectivity index (χ1n) is 24.7. The van der Waals surface area contributed by atoms with Gasteiger partial charge in [-0.1, -0.05) is 146 Å². The topological polar surface area (TPSA) is 9.72 Å². The second kappa shape index (κ2) is 19.3. The van der Waals surface area contributed by atoms with E-state index in [1.54, 1.807) is 0 Å². The van der Waals surface area contributed by atoms with Gasteiger partial charge in [-0.15, -0.1) is 34.0 Å². The number of thiophene rings is 3. The predicted molar refractivity (Wildman–Crippen MR) is 314 cm³/mol. The van der Waals surface area contributed by atoms with Crippen molar-refractivity contribution in [1.29, 1.82) is 0 Å². The van der Waals surface area contributed by atoms with Crippen molar-refractivity contribution in [3.05, 3.63) is 265 Å². The van der Waals surface area contributed by atoms with E-state index in [-0.39, 0.29) is 6.04 Å². The van der Waals surface area contributed by atoms with E-state index in [0.717, 1.165) is 36.3 Å². The van der Waals surface area contributed by atoms with Gasteiger partial charge in [0.15, 0.2) is 0 Å². The van der Waals surface area contributed by atoms with Crippen molar-refractivity contribution < 1.29 is 0 Å². The number of hydrogen-bond acceptors (Lipinski definition) is 6. The number of fused-ring (bicyclic) bond motifs is 6. The summed E-state index contributed by atoms with van der Waals surface area (Å²) in [5.74, 6) is 0. The van der Waals surface area contributed by atoms with Crippen LogP contribution in [0.25, 0.3) is 56.7 Å². The summed E-state index contributed by atoms with van der Waals surface area (Å²) < 4.78 is 4.09. The Labute approximate surface area is 433 Å². The standard InChI is InChI=1S/C66H49N3S3/c1-7-19-49(20-8-1)67(50-21-9-2-10-22-50)55-37-31-46(32-38-55)61-43-58-64(70-61)59-44-62(47-33-39-56(40-34-47)68(51-23-11-3-12-24-51)52-25-13-4-14-26-52)72-66(59)60-45-63(71-65(58)60)48-35-41-57(42-36-48)69(53-27-15-5-16-28-53)54-29-17-6-18-30-54/h1-29,31-33,35-39,41-45,54H,30,34,40H2. The van der Waals surface area contributed by atoms with Crippen LogP contribution in [-0.4, -0.2) is 6.04 Å². The molecule has 1 unspecified atom stereocenters. The molecule has 0 N–H and O–H groups in total. The molecular formula is C66H49N3S3. The van der Waals surface area contributed by atoms with E-state index < -0.39 is 0 Å². The normalized spacial score (nSPS) is 14.4. The number of hydrogen-bond donors (Lipinski definition) is 0. The molecule has 0 spiro atoms. The molecule has 2 aliphatic rings. The first-order valence-corrected chi connectivity index (χ1v) is 27.2. The van der Waals surface area contributed by atoms with Crippen LogP contribution < -0.4 is 14.7 Å². The molecule has 2 aliphatic carbocycles. The maximum Gasteiger partial charge on any atom is 0.0559 e. The van der Waals surface area contributed by atoms with E-state index in [2.05, 4.69) is 270 Å². The van der Waals surface area contributed by atoms with Crippen LogP contribution >= 0.6 is 34.0 Å². The second-order valence-corrected chi connectivity index (χ2v) is 21.5. The fourth-order valence-corrected chi connectivity index (χ4v) is 14.2. The molecule has 0 aliphatic heterocycles. The number of anilines is 7. The summed E-state index contributed by atoms with van der Waals surface area (Å²) >= 11 is 5.82. The van der Waals surface area contributed by atoms with E-state index in [0.29, 0.717) is 0 Å². The van der Waals surface area contributed by atoms with Crippen molar-refractivity contribution in [2.24, 2.45) is 0 Å². The first-order chi connectivity index (χ1) is 35.7. The first kappa shape index (κ1) is 44.0. The summed E-state index contributed by atoms with van der Waals surface area (Å²) in [4.78, 5) is 11.1. The average Bonchev–Trinajstić information content (AvgIpc) is 4.22. The highest BCUT2D eigenvalue weighted by Gasteiger charge is 2.24. The van der Waals surface area contributed by atoms with E-state index in [1.807, 2.05) is 34.0 Å². The van der Waals surface area contributed by atoms with Crippen LogP contribution in [0.15, 0.2) is 261 Å². The molecule has 11 aromatic rings. The number of para-hydroxylation sites is 5. The minimum Gasteiger partial charge on any atom is -0.334 e. The van der Waals surface area contributed by atoms with Crippen molar-refractivity contribution in [2.45, 2.75) is 25.3 Å². The Hall–Kier alpha value is -8.00. The zero-order chi connectivity index (χ0) is 47.8. The van der Waals surface area contributed by atoms with Crippen molar-refractivity contribution in [1.82, 2.24) is 0 Å². The fourth-order valence-electron chi connectivity index (χ4n) is 10.4. The molecule has 6 heteroatoms. The SMILES string of the molecule is C1=CCC(N(c2ccccc2)c2ccc(-c3cc4c5sc(C6=CC=C(N(c7ccccc7)c7ccccc7)CC6)cc5c5sc(-c6ccc(N(c7ccccc7)c7ccccc7)cc6)cc5c4s3)cc2)C=C1. The van der Waals surface area contributed by atoms with Crippen LogP contribution in [0, 0.1) is 0 Å². The Morgan fingerprint density at radius 3 is 1.21 bits per heavy atom. The summed E-state index contributed by atoms with van der Waals surface area (Å²) in [5.41, 5.74) is 13.3. The van der Waals surface area contributed by atoms with Crippen molar-refractivity contribution >= 4 is 110 Å². The molecule has 3 nitrogen and oxygen atoms in total. The predicted octanol–water partition coefficient (Wildman–Crippen LogP) is 20.1. The Morgan fingerprint density at radius 1 is 0.361 bits per heavy atom. The highest BCUT2D eigenvalue weighted by Crippen LogP contribution is 2.51. The summed E-state index contributed by atoms with van der Waals surface area (Å²) in [7, 11) is 0. The number of rotatable bonds is 12. The molecule has 13 rings (SSSR count). The zero-order valence-corrected chi connectivity index (χ0v) is 42.0. The Kier molecular flexibility index (Phi) is 11.8. The largest absolute Gasteiger partial charge is 0.334 e. The second-order valence-electron chi connectivity index (χ2n) is 18.3. The van der Waals surface area contributed by atoms with Crippen LogP contribution in [-0.2, 0) is 0 Å². The molecule has 346 valence electrons. The maximum absolute atomic E-state index is 2.50. The van der Waals surface area contributed by atoms with Gasteiger partial charge in [-0.2, -0.15) is 0 Å². The lowest BCUT2D eigenvalue weighted by Crippen LogP contribution is -2.29. The quantitative estimate of drug-likeness (QED) is 0.121. The van der Waals surface area contributed by atoms with E-state index in [1.165, 1.54) is 90.0 Å². The molecule has 0 fully saturated rings. The minimum atomic E-state index is 0.255. The van der Waals surface area contributed by atoms with Crippen LogP contribution in [0.3, 0.4) is 0 Å². The molecule has 1 atom stereocenters. The molecule has 0 saturated heterocycles. The molecule has 72 heavy (non-hydrogen) atoms. The van der Waals surface area contributed by atoms with Gasteiger partial charge in [0, 0.05) is 90.4 Å². The third-order valence-electron chi connectivity index (χ3n) is 13.9. The summed E-state index contributed by atoms with van der Waals surface area (Å²) in [5, 5.41) is 4.03. The van der Waals surface area contributed by atoms with E-state index in [9.17, 15) is 0 Å². The van der Waals surface area contributed by atoms with Gasteiger partial charge in [-0.05, 0) is 145 Å². The number of benzene rings is 8. The van der Waals surface area contributed by atoms with Gasteiger partial charge >= 0.3 is 0 Å². The van der Waals surface area contributed by atoms with Crippen LogP contribution in [0.2, 0.25) is 0 Å². The van der Waals surface area contributed by atoms with Gasteiger partial charge in [-0.25, -0.2) is 0 Å². The Morgan fingerprint density at radius 2 is 0.764 bits per heavy atom. The van der Waals surface area contributed by atoms with Crippen molar-refractivity contribution in [3.63, 3.8) is 0 Å². The minimum absolute atomic E-state index is 0.255. The Balaban J connectivity index is 0.911. The smallest absolute Gasteiger partial charge is 0.0559 e. The lowest BCUT2D eigenvalue weighted by molar-refractivity contribution is 0.785. The third-order valence-corrected chi connectivity index (χ3v) is 17.6. The lowest BCUT2D eigenvalue weighted by atomic mass is 9.99. The van der Waals surface area contributed by atoms with Crippen molar-refractivity contribution in [2.75, 3.05) is 14.7 Å². The van der Waals surface area contributed by atoms with Gasteiger partial charge in [0.25, 0.3) is 0 Å². The summed E-state index contributed by atoms with van der Waals surface area (Å²) in [6, 6.07) is 79.7. The van der Waals surface area contributed by atoms with Gasteiger partial charge in [0.05, 0.1) is 6.04 Å². The summed E-state index contributed by atoms with van der Waals surface area (Å²) in [6.45, 7) is 0. The van der Waals surface area contributed by atoms with Crippen LogP contribution in [0.4, 0.5) is 39.8 Å². The average molecular weight is 980 g/mol. The van der Waals surface area contributed by atoms with E-state index in [4.69, 9.17) is 0 Å². The molecule has 0 radical (unpaired) electrons. The molecule has 8 aromatic carbocycles. The highest BCUT2D eigenvalue weighted by molar-refractivity contribution is 7.29. The molecule has 0 saturated carbocycles. The monoisotopic (exact) mass is 979 g/mol. The van der Waals surface area contributed by atoms with Gasteiger partial charge in [0.1, 0.15) is 0 Å².